The third-order valence-corrected chi connectivity index (χ3v) is 5.13. The highest BCUT2D eigenvalue weighted by atomic mass is 16.3. The standard InChI is InChI=1S/C19H27N3O/c1-12-5-6-16(9-13(12)2)17-10-19(17)20-11-18-14(3)21-22(7-8-23)15(18)4/h5-6,9,17,19-20,23H,7-8,10-11H2,1-4H3. The van der Waals surface area contributed by atoms with Crippen LogP contribution in [0.5, 0.6) is 0 Å². The SMILES string of the molecule is Cc1ccc(C2CC2NCc2c(C)nn(CCO)c2C)cc1C. The van der Waals surface area contributed by atoms with E-state index in [1.807, 2.05) is 11.6 Å². The van der Waals surface area contributed by atoms with Crippen molar-refractivity contribution >= 4 is 0 Å². The van der Waals surface area contributed by atoms with Gasteiger partial charge in [-0.2, -0.15) is 5.10 Å². The van der Waals surface area contributed by atoms with E-state index in [-0.39, 0.29) is 6.61 Å². The second kappa shape index (κ2) is 6.46. The van der Waals surface area contributed by atoms with Gasteiger partial charge in [-0.1, -0.05) is 18.2 Å². The lowest BCUT2D eigenvalue weighted by atomic mass is 10.0. The molecule has 2 unspecified atom stereocenters. The van der Waals surface area contributed by atoms with E-state index in [1.54, 1.807) is 0 Å². The first-order valence-corrected chi connectivity index (χ1v) is 8.45. The monoisotopic (exact) mass is 313 g/mol. The fourth-order valence-corrected chi connectivity index (χ4v) is 3.32. The van der Waals surface area contributed by atoms with Crippen LogP contribution in [0, 0.1) is 27.7 Å². The Morgan fingerprint density at radius 2 is 2.00 bits per heavy atom. The van der Waals surface area contributed by atoms with Gasteiger partial charge >= 0.3 is 0 Å². The molecule has 1 aliphatic rings. The topological polar surface area (TPSA) is 50.1 Å². The van der Waals surface area contributed by atoms with Crippen LogP contribution in [0.25, 0.3) is 0 Å². The molecule has 0 aliphatic heterocycles. The molecule has 0 radical (unpaired) electrons. The van der Waals surface area contributed by atoms with E-state index in [0.717, 1.165) is 17.9 Å². The normalized spacial score (nSPS) is 20.0. The van der Waals surface area contributed by atoms with Gasteiger partial charge < -0.3 is 10.4 Å². The smallest absolute Gasteiger partial charge is 0.0644 e. The van der Waals surface area contributed by atoms with Crippen LogP contribution in [0.1, 0.15) is 46.0 Å². The molecule has 1 fully saturated rings. The zero-order valence-corrected chi connectivity index (χ0v) is 14.6. The highest BCUT2D eigenvalue weighted by Crippen LogP contribution is 2.41. The fourth-order valence-electron chi connectivity index (χ4n) is 3.32. The van der Waals surface area contributed by atoms with Crippen molar-refractivity contribution in [2.75, 3.05) is 6.61 Å². The molecular formula is C19H27N3O. The maximum absolute atomic E-state index is 9.10. The number of hydrogen-bond acceptors (Lipinski definition) is 3. The lowest BCUT2D eigenvalue weighted by molar-refractivity contribution is 0.267. The third-order valence-electron chi connectivity index (χ3n) is 5.13. The van der Waals surface area contributed by atoms with Crippen molar-refractivity contribution < 1.29 is 5.11 Å². The lowest BCUT2D eigenvalue weighted by Crippen LogP contribution is -2.18. The van der Waals surface area contributed by atoms with Crippen molar-refractivity contribution in [3.63, 3.8) is 0 Å². The van der Waals surface area contributed by atoms with Gasteiger partial charge in [-0.05, 0) is 50.8 Å². The van der Waals surface area contributed by atoms with Crippen LogP contribution in [-0.4, -0.2) is 27.5 Å². The number of aliphatic hydroxyl groups is 1. The quantitative estimate of drug-likeness (QED) is 0.862. The van der Waals surface area contributed by atoms with Crippen LogP contribution < -0.4 is 5.32 Å². The summed E-state index contributed by atoms with van der Waals surface area (Å²) >= 11 is 0. The van der Waals surface area contributed by atoms with Gasteiger partial charge in [0.2, 0.25) is 0 Å². The number of aromatic nitrogens is 2. The minimum Gasteiger partial charge on any atom is -0.394 e. The molecular weight excluding hydrogens is 286 g/mol. The van der Waals surface area contributed by atoms with Gasteiger partial charge in [0.05, 0.1) is 18.8 Å². The summed E-state index contributed by atoms with van der Waals surface area (Å²) in [5.41, 5.74) is 7.69. The van der Waals surface area contributed by atoms with Gasteiger partial charge in [-0.3, -0.25) is 4.68 Å². The predicted molar refractivity (Wildman–Crippen MR) is 92.7 cm³/mol. The second-order valence-corrected chi connectivity index (χ2v) is 6.77. The number of benzene rings is 1. The first-order chi connectivity index (χ1) is 11.0. The third kappa shape index (κ3) is 3.33. The molecule has 0 bridgehead atoms. The Morgan fingerprint density at radius 1 is 1.22 bits per heavy atom. The summed E-state index contributed by atoms with van der Waals surface area (Å²) in [5.74, 6) is 0.641. The predicted octanol–water partition coefficient (Wildman–Crippen LogP) is 2.75. The van der Waals surface area contributed by atoms with Crippen molar-refractivity contribution in [2.24, 2.45) is 0 Å². The first kappa shape index (κ1) is 16.2. The van der Waals surface area contributed by atoms with Gasteiger partial charge in [0.25, 0.3) is 0 Å². The van der Waals surface area contributed by atoms with E-state index in [2.05, 4.69) is 49.4 Å². The van der Waals surface area contributed by atoms with Gasteiger partial charge in [0.15, 0.2) is 0 Å². The number of aryl methyl sites for hydroxylation is 3. The van der Waals surface area contributed by atoms with Crippen LogP contribution in [0.3, 0.4) is 0 Å². The minimum absolute atomic E-state index is 0.131. The van der Waals surface area contributed by atoms with E-state index in [9.17, 15) is 0 Å². The average molecular weight is 313 g/mol. The molecule has 124 valence electrons. The minimum atomic E-state index is 0.131. The van der Waals surface area contributed by atoms with Crippen LogP contribution in [-0.2, 0) is 13.1 Å². The van der Waals surface area contributed by atoms with Crippen molar-refractivity contribution in [3.8, 4) is 0 Å². The molecule has 0 saturated heterocycles. The Hall–Kier alpha value is -1.65. The van der Waals surface area contributed by atoms with Gasteiger partial charge in [-0.15, -0.1) is 0 Å². The molecule has 2 atom stereocenters. The molecule has 1 aromatic heterocycles. The largest absolute Gasteiger partial charge is 0.394 e. The van der Waals surface area contributed by atoms with Crippen LogP contribution in [0.4, 0.5) is 0 Å². The summed E-state index contributed by atoms with van der Waals surface area (Å²) in [6.07, 6.45) is 1.21. The molecule has 2 N–H and O–H groups in total. The molecule has 1 aromatic carbocycles. The fraction of sp³-hybridized carbons (Fsp3) is 0.526. The Balaban J connectivity index is 1.61. The Morgan fingerprint density at radius 3 is 2.70 bits per heavy atom. The van der Waals surface area contributed by atoms with Gasteiger partial charge in [0.1, 0.15) is 0 Å². The summed E-state index contributed by atoms with van der Waals surface area (Å²) in [5, 5.41) is 17.3. The number of hydrogen-bond donors (Lipinski definition) is 2. The van der Waals surface area contributed by atoms with Crippen molar-refractivity contribution in [1.82, 2.24) is 15.1 Å². The molecule has 4 heteroatoms. The van der Waals surface area contributed by atoms with Crippen LogP contribution >= 0.6 is 0 Å². The van der Waals surface area contributed by atoms with E-state index in [0.29, 0.717) is 18.5 Å². The zero-order chi connectivity index (χ0) is 16.6. The molecule has 23 heavy (non-hydrogen) atoms. The number of nitrogens with one attached hydrogen (secondary N) is 1. The maximum Gasteiger partial charge on any atom is 0.0644 e. The molecule has 1 aliphatic carbocycles. The first-order valence-electron chi connectivity index (χ1n) is 8.45. The highest BCUT2D eigenvalue weighted by Gasteiger charge is 2.38. The molecule has 0 spiro atoms. The highest BCUT2D eigenvalue weighted by molar-refractivity contribution is 5.36. The average Bonchev–Trinajstić information content (AvgIpc) is 3.23. The van der Waals surface area contributed by atoms with Crippen LogP contribution in [0.2, 0.25) is 0 Å². The lowest BCUT2D eigenvalue weighted by Gasteiger charge is -2.07. The Labute approximate surface area is 138 Å². The van der Waals surface area contributed by atoms with E-state index < -0.39 is 0 Å². The van der Waals surface area contributed by atoms with Crippen molar-refractivity contribution in [1.29, 1.82) is 0 Å². The summed E-state index contributed by atoms with van der Waals surface area (Å²) in [7, 11) is 0. The Kier molecular flexibility index (Phi) is 4.55. The van der Waals surface area contributed by atoms with Crippen LogP contribution in [0.15, 0.2) is 18.2 Å². The number of aliphatic hydroxyl groups excluding tert-OH is 1. The molecule has 0 amide bonds. The zero-order valence-electron chi connectivity index (χ0n) is 14.6. The summed E-state index contributed by atoms with van der Waals surface area (Å²) in [4.78, 5) is 0. The van der Waals surface area contributed by atoms with E-state index in [1.165, 1.54) is 28.7 Å². The molecule has 4 nitrogen and oxygen atoms in total. The van der Waals surface area contributed by atoms with E-state index in [4.69, 9.17) is 5.11 Å². The van der Waals surface area contributed by atoms with Gasteiger partial charge in [-0.25, -0.2) is 0 Å². The molecule has 1 heterocycles. The second-order valence-electron chi connectivity index (χ2n) is 6.77. The summed E-state index contributed by atoms with van der Waals surface area (Å²) < 4.78 is 1.90. The summed E-state index contributed by atoms with van der Waals surface area (Å²) in [6, 6.07) is 7.40. The van der Waals surface area contributed by atoms with Crippen molar-refractivity contribution in [3.05, 3.63) is 51.8 Å². The van der Waals surface area contributed by atoms with Crippen molar-refractivity contribution in [2.45, 2.75) is 59.2 Å². The van der Waals surface area contributed by atoms with E-state index >= 15 is 0 Å². The maximum atomic E-state index is 9.10. The van der Waals surface area contributed by atoms with Gasteiger partial charge in [0, 0.05) is 29.8 Å². The molecule has 3 rings (SSSR count). The number of rotatable bonds is 6. The summed E-state index contributed by atoms with van der Waals surface area (Å²) in [6.45, 7) is 10.0. The Bertz CT molecular complexity index is 705. The molecule has 1 saturated carbocycles. The molecule has 2 aromatic rings. The number of nitrogens with zero attached hydrogens (tertiary/aromatic N) is 2.